The first-order valence-electron chi connectivity index (χ1n) is 17.4. The smallest absolute Gasteiger partial charge is 0.265 e. The van der Waals surface area contributed by atoms with Crippen LogP contribution in [0.5, 0.6) is 0 Å². The van der Waals surface area contributed by atoms with E-state index in [1.54, 1.807) is 64.6 Å². The van der Waals surface area contributed by atoms with Crippen LogP contribution in [0.2, 0.25) is 0 Å². The van der Waals surface area contributed by atoms with Gasteiger partial charge in [-0.25, -0.2) is 17.6 Å². The van der Waals surface area contributed by atoms with Gasteiger partial charge in [-0.3, -0.25) is 24.5 Å². The minimum Gasteiger partial charge on any atom is -0.312 e. The predicted molar refractivity (Wildman–Crippen MR) is 217 cm³/mol. The van der Waals surface area contributed by atoms with Gasteiger partial charge in [-0.05, 0) is 100 Å². The molecule has 6 aromatic rings. The highest BCUT2D eigenvalue weighted by molar-refractivity contribution is 9.09. The van der Waals surface area contributed by atoms with Gasteiger partial charge in [0.2, 0.25) is 0 Å². The van der Waals surface area contributed by atoms with Crippen LogP contribution in [0.25, 0.3) is 33.4 Å². The Bertz CT molecular complexity index is 2480. The van der Waals surface area contributed by atoms with E-state index in [0.29, 0.717) is 73.6 Å². The number of benzene rings is 2. The second-order valence-electron chi connectivity index (χ2n) is 13.1. The Labute approximate surface area is 337 Å². The molecule has 14 heteroatoms. The first-order chi connectivity index (χ1) is 26.5. The molecule has 1 aliphatic rings. The number of ketones is 2. The number of aromatic nitrogens is 4. The molecule has 0 aliphatic carbocycles. The predicted octanol–water partition coefficient (Wildman–Crippen LogP) is 10.8. The Morgan fingerprint density at radius 1 is 0.702 bits per heavy atom. The van der Waals surface area contributed by atoms with E-state index in [9.17, 15) is 27.2 Å². The fourth-order valence-corrected chi connectivity index (χ4v) is 7.28. The molecule has 0 atom stereocenters. The fourth-order valence-electron chi connectivity index (χ4n) is 7.00. The Morgan fingerprint density at radius 3 is 1.47 bits per heavy atom. The third-order valence-electron chi connectivity index (χ3n) is 9.64. The average Bonchev–Trinajstić information content (AvgIpc) is 3.66. The molecule has 296 valence electrons. The second-order valence-corrected chi connectivity index (χ2v) is 13.7. The summed E-state index contributed by atoms with van der Waals surface area (Å²) in [7, 11) is 0. The molecule has 0 radical (unpaired) electrons. The van der Waals surface area contributed by atoms with E-state index in [2.05, 4.69) is 36.9 Å². The van der Waals surface area contributed by atoms with Crippen molar-refractivity contribution in [1.29, 1.82) is 10.5 Å². The standard InChI is InChI=1S/C23H22F2N4O.C18H12BrF2N3O.2CH4/c1-15-21(20(30)14-28-9-3-2-4-10-28)22-19(11-17(13-27-22)23(24)25)29(15)18-7-5-16(12-26)6-8-18;1-10-16(15(25)7-19)17-14(6-12(9-23-17)18(20)21)24(10)13-4-2-11(8-22)3-5-13;;/h5-8,11,13,23H,2-4,9-10,14H2,1H3;2-6,9,18H,7H2,1H3;2*1H4. The van der Waals surface area contributed by atoms with Gasteiger partial charge >= 0.3 is 0 Å². The first kappa shape index (κ1) is 44.0. The van der Waals surface area contributed by atoms with Crippen molar-refractivity contribution in [2.24, 2.45) is 0 Å². The number of hydrogen-bond acceptors (Lipinski definition) is 7. The summed E-state index contributed by atoms with van der Waals surface area (Å²) in [5.41, 5.74) is 5.83. The molecular weight excluding hydrogens is 802 g/mol. The van der Waals surface area contributed by atoms with Crippen LogP contribution in [0, 0.1) is 36.5 Å². The molecule has 4 aromatic heterocycles. The summed E-state index contributed by atoms with van der Waals surface area (Å²) in [4.78, 5) is 36.1. The SMILES string of the molecule is C.C.Cc1c(C(=O)CBr)c2ncc(C(F)F)cc2n1-c1ccc(C#N)cc1.Cc1c(C(=O)CN2CCCCC2)c2ncc(C(F)F)cc2n1-c1ccc(C#N)cc1. The quantitative estimate of drug-likeness (QED) is 0.0807. The van der Waals surface area contributed by atoms with Gasteiger partial charge in [0.25, 0.3) is 12.9 Å². The van der Waals surface area contributed by atoms with E-state index < -0.39 is 12.9 Å². The van der Waals surface area contributed by atoms with Gasteiger partial charge in [0, 0.05) is 46.3 Å². The van der Waals surface area contributed by atoms with Crippen molar-refractivity contribution in [3.63, 3.8) is 0 Å². The van der Waals surface area contributed by atoms with Crippen LogP contribution in [0.15, 0.2) is 73.1 Å². The van der Waals surface area contributed by atoms with E-state index in [0.717, 1.165) is 38.3 Å². The number of piperidine rings is 1. The highest BCUT2D eigenvalue weighted by atomic mass is 79.9. The van der Waals surface area contributed by atoms with Gasteiger partial charge in [0.1, 0.15) is 0 Å². The van der Waals surface area contributed by atoms with Gasteiger partial charge in [0.05, 0.1) is 68.3 Å². The lowest BCUT2D eigenvalue weighted by Gasteiger charge is -2.25. The van der Waals surface area contributed by atoms with Crippen LogP contribution in [0.4, 0.5) is 17.6 Å². The minimum atomic E-state index is -2.66. The van der Waals surface area contributed by atoms with Gasteiger partial charge in [0.15, 0.2) is 11.6 Å². The number of nitrogens with zero attached hydrogens (tertiary/aromatic N) is 7. The summed E-state index contributed by atoms with van der Waals surface area (Å²) < 4.78 is 56.4. The molecule has 1 fully saturated rings. The monoisotopic (exact) mass is 843 g/mol. The maximum absolute atomic E-state index is 13.3. The summed E-state index contributed by atoms with van der Waals surface area (Å²) in [6.07, 6.45) is 0.272. The van der Waals surface area contributed by atoms with Crippen molar-refractivity contribution in [2.45, 2.75) is 60.8 Å². The summed E-state index contributed by atoms with van der Waals surface area (Å²) in [5, 5.41) is 18.1. The van der Waals surface area contributed by atoms with Gasteiger partial charge in [-0.15, -0.1) is 0 Å². The van der Waals surface area contributed by atoms with Crippen LogP contribution in [-0.4, -0.2) is 60.5 Å². The summed E-state index contributed by atoms with van der Waals surface area (Å²) in [5.74, 6) is -0.226. The molecular formula is C43H42BrF4N7O2. The average molecular weight is 845 g/mol. The number of likely N-dealkylation sites (tertiary alicyclic amines) is 1. The van der Waals surface area contributed by atoms with Crippen LogP contribution < -0.4 is 0 Å². The van der Waals surface area contributed by atoms with Gasteiger partial charge < -0.3 is 9.13 Å². The number of nitriles is 2. The highest BCUT2D eigenvalue weighted by Crippen LogP contribution is 2.33. The Morgan fingerprint density at radius 2 is 1.11 bits per heavy atom. The molecule has 2 aromatic carbocycles. The zero-order chi connectivity index (χ0) is 39.4. The Kier molecular flexibility index (Phi) is 14.6. The number of fused-ring (bicyclic) bond motifs is 2. The summed E-state index contributed by atoms with van der Waals surface area (Å²) >= 11 is 3.15. The Balaban J connectivity index is 0.000000248. The third kappa shape index (κ3) is 8.98. The second kappa shape index (κ2) is 19.0. The number of alkyl halides is 5. The van der Waals surface area contributed by atoms with E-state index >= 15 is 0 Å². The first-order valence-corrected chi connectivity index (χ1v) is 18.5. The Hall–Kier alpha value is -5.70. The van der Waals surface area contributed by atoms with Crippen LogP contribution in [0.1, 0.15) is 101 Å². The summed E-state index contributed by atoms with van der Waals surface area (Å²) in [6.45, 7) is 5.64. The fraction of sp³-hybridized carbons (Fsp3) is 0.302. The van der Waals surface area contributed by atoms with Crippen LogP contribution in [-0.2, 0) is 0 Å². The van der Waals surface area contributed by atoms with Crippen molar-refractivity contribution in [1.82, 2.24) is 24.0 Å². The molecule has 57 heavy (non-hydrogen) atoms. The third-order valence-corrected chi connectivity index (χ3v) is 10.1. The lowest BCUT2D eigenvalue weighted by atomic mass is 10.1. The molecule has 0 N–H and O–H groups in total. The number of halogens is 5. The molecule has 0 saturated carbocycles. The van der Waals surface area contributed by atoms with Crippen molar-refractivity contribution in [2.75, 3.05) is 25.0 Å². The number of rotatable bonds is 9. The van der Waals surface area contributed by atoms with Crippen LogP contribution in [0.3, 0.4) is 0 Å². The molecule has 0 spiro atoms. The zero-order valence-electron chi connectivity index (χ0n) is 29.9. The lowest BCUT2D eigenvalue weighted by Crippen LogP contribution is -2.34. The molecule has 5 heterocycles. The van der Waals surface area contributed by atoms with Crippen LogP contribution >= 0.6 is 15.9 Å². The normalized spacial score (nSPS) is 12.7. The molecule has 0 unspecified atom stereocenters. The largest absolute Gasteiger partial charge is 0.312 e. The van der Waals surface area contributed by atoms with E-state index in [-0.39, 0.29) is 42.9 Å². The van der Waals surface area contributed by atoms with Crippen molar-refractivity contribution >= 4 is 49.6 Å². The van der Waals surface area contributed by atoms with Gasteiger partial charge in [-0.2, -0.15) is 10.5 Å². The number of pyridine rings is 2. The molecule has 0 bridgehead atoms. The minimum absolute atomic E-state index is 0. The number of hydrogen-bond donors (Lipinski definition) is 0. The summed E-state index contributed by atoms with van der Waals surface area (Å²) in [6, 6.07) is 20.4. The lowest BCUT2D eigenvalue weighted by molar-refractivity contribution is 0.0915. The zero-order valence-corrected chi connectivity index (χ0v) is 31.5. The van der Waals surface area contributed by atoms with E-state index in [4.69, 9.17) is 10.5 Å². The topological polar surface area (TPSA) is 121 Å². The molecule has 0 amide bonds. The van der Waals surface area contributed by atoms with Crippen molar-refractivity contribution in [3.05, 3.63) is 118 Å². The molecule has 1 saturated heterocycles. The molecule has 9 nitrogen and oxygen atoms in total. The highest BCUT2D eigenvalue weighted by Gasteiger charge is 2.26. The number of carbonyl (C=O) groups is 2. The van der Waals surface area contributed by atoms with Crippen molar-refractivity contribution in [3.8, 4) is 23.5 Å². The van der Waals surface area contributed by atoms with E-state index in [1.165, 1.54) is 18.6 Å². The van der Waals surface area contributed by atoms with Crippen molar-refractivity contribution < 1.29 is 27.2 Å². The van der Waals surface area contributed by atoms with E-state index in [1.807, 2.05) is 13.0 Å². The molecule has 1 aliphatic heterocycles. The van der Waals surface area contributed by atoms with Gasteiger partial charge in [-0.1, -0.05) is 37.2 Å². The maximum atomic E-state index is 13.3. The number of carbonyl (C=O) groups excluding carboxylic acids is 2. The maximum Gasteiger partial charge on any atom is 0.265 e. The number of Topliss-reactive ketones (excluding diaryl/α,β-unsaturated/α-hetero) is 2. The molecule has 7 rings (SSSR count).